The number of hydrogen-bond donors (Lipinski definition) is 4. The van der Waals surface area contributed by atoms with Crippen LogP contribution >= 0.6 is 0 Å². The number of carbonyl (C=O) groups excluding carboxylic acids is 5. The van der Waals surface area contributed by atoms with Gasteiger partial charge in [-0.3, -0.25) is 19.2 Å². The van der Waals surface area contributed by atoms with E-state index in [1.165, 1.54) is 32.1 Å². The van der Waals surface area contributed by atoms with Crippen molar-refractivity contribution in [2.24, 2.45) is 34.5 Å². The van der Waals surface area contributed by atoms with Crippen molar-refractivity contribution >= 4 is 39.7 Å². The van der Waals surface area contributed by atoms with Crippen LogP contribution in [-0.4, -0.2) is 116 Å². The normalized spacial score (nSPS) is 23.9. The third kappa shape index (κ3) is 8.52. The molecule has 0 aromatic rings. The Kier molecular flexibility index (Phi) is 11.6. The highest BCUT2D eigenvalue weighted by Crippen LogP contribution is 2.65. The van der Waals surface area contributed by atoms with Crippen LogP contribution in [0, 0.1) is 34.5 Å². The smallest absolute Gasteiger partial charge is 0.315 e. The molecule has 6 atom stereocenters. The van der Waals surface area contributed by atoms with E-state index in [1.807, 2.05) is 48.5 Å². The second-order valence-electron chi connectivity index (χ2n) is 15.4. The number of urea groups is 1. The van der Waals surface area contributed by atoms with E-state index in [9.17, 15) is 32.4 Å². The first-order valence-corrected chi connectivity index (χ1v) is 17.7. The van der Waals surface area contributed by atoms with Crippen molar-refractivity contribution in [2.45, 2.75) is 85.5 Å². The molecule has 266 valence electrons. The summed E-state index contributed by atoms with van der Waals surface area (Å²) in [4.78, 5) is 68.7. The molecular weight excluding hydrogens is 626 g/mol. The lowest BCUT2D eigenvalue weighted by atomic mass is 9.85. The Morgan fingerprint density at radius 2 is 1.62 bits per heavy atom. The van der Waals surface area contributed by atoms with Crippen molar-refractivity contribution in [1.29, 1.82) is 0 Å². The molecule has 0 spiro atoms. The summed E-state index contributed by atoms with van der Waals surface area (Å²) < 4.78 is 27.5. The van der Waals surface area contributed by atoms with Gasteiger partial charge >= 0.3 is 6.03 Å². The van der Waals surface area contributed by atoms with Gasteiger partial charge in [-0.1, -0.05) is 54.5 Å². The van der Waals surface area contributed by atoms with Crippen LogP contribution < -0.4 is 21.3 Å². The molecule has 0 radical (unpaired) electrons. The van der Waals surface area contributed by atoms with E-state index in [4.69, 9.17) is 0 Å². The van der Waals surface area contributed by atoms with Gasteiger partial charge in [0.25, 0.3) is 16.1 Å². The lowest BCUT2D eigenvalue weighted by molar-refractivity contribution is -0.145. The van der Waals surface area contributed by atoms with Gasteiger partial charge in [0.05, 0.1) is 0 Å². The number of Topliss-reactive ketones (excluding diaryl/α,β-unsaturated/α-hetero) is 1. The van der Waals surface area contributed by atoms with E-state index in [1.54, 1.807) is 0 Å². The van der Waals surface area contributed by atoms with E-state index in [2.05, 4.69) is 27.8 Å². The standard InChI is InChI=1S/C32H55N7O7S/c1-12-15-33-28(42)25(40)23(19-13-14-19)35-27(41)24-22-20(32(22,7)8)16-39(24)29(43)26(31(4,5)6)36-30(44)34-21(18(2)3)17-38(11)47(45,46)37(9)10/h12,18-24,26H,1,13-17H2,2-11H3,(H,33,42)(H,35,41)(H2,34,36,44)/t20-,21+,22-,23?,24-,26+/m0/s1. The Morgan fingerprint density at radius 3 is 2.11 bits per heavy atom. The number of likely N-dealkylation sites (N-methyl/N-ethyl adjacent to an activating group) is 1. The molecule has 1 aliphatic heterocycles. The third-order valence-electron chi connectivity index (χ3n) is 9.88. The fourth-order valence-corrected chi connectivity index (χ4v) is 7.41. The fraction of sp³-hybridized carbons (Fsp3) is 0.781. The van der Waals surface area contributed by atoms with Gasteiger partial charge < -0.3 is 26.2 Å². The minimum absolute atomic E-state index is 0.0129. The quantitative estimate of drug-likeness (QED) is 0.145. The maximum absolute atomic E-state index is 14.3. The van der Waals surface area contributed by atoms with Crippen molar-refractivity contribution in [2.75, 3.05) is 40.8 Å². The van der Waals surface area contributed by atoms with Crippen LogP contribution in [0.15, 0.2) is 12.7 Å². The Hall–Kier alpha value is -3.04. The molecule has 14 nitrogen and oxygen atoms in total. The number of nitrogens with zero attached hydrogens (tertiary/aromatic N) is 3. The van der Waals surface area contributed by atoms with Gasteiger partial charge in [0, 0.05) is 46.8 Å². The summed E-state index contributed by atoms with van der Waals surface area (Å²) in [5.41, 5.74) is -0.962. The van der Waals surface area contributed by atoms with Crippen LogP contribution in [0.3, 0.4) is 0 Å². The van der Waals surface area contributed by atoms with Gasteiger partial charge in [-0.05, 0) is 47.3 Å². The number of amides is 5. The molecule has 4 N–H and O–H groups in total. The molecule has 3 rings (SSSR count). The first kappa shape index (κ1) is 38.4. The van der Waals surface area contributed by atoms with Crippen LogP contribution in [0.4, 0.5) is 4.79 Å². The Bertz CT molecular complexity index is 1350. The molecule has 3 aliphatic rings. The monoisotopic (exact) mass is 681 g/mol. The number of likely N-dealkylation sites (tertiary alicyclic amines) is 1. The number of rotatable bonds is 15. The molecule has 2 aliphatic carbocycles. The highest BCUT2D eigenvalue weighted by Gasteiger charge is 2.70. The lowest BCUT2D eigenvalue weighted by Crippen LogP contribution is -2.62. The van der Waals surface area contributed by atoms with E-state index in [-0.39, 0.29) is 42.2 Å². The highest BCUT2D eigenvalue weighted by molar-refractivity contribution is 7.86. The molecule has 47 heavy (non-hydrogen) atoms. The number of ketones is 1. The number of hydrogen-bond acceptors (Lipinski definition) is 7. The lowest BCUT2D eigenvalue weighted by Gasteiger charge is -2.38. The molecule has 1 heterocycles. The number of piperidine rings is 1. The zero-order valence-corrected chi connectivity index (χ0v) is 30.4. The van der Waals surface area contributed by atoms with Crippen LogP contribution in [0.5, 0.6) is 0 Å². The second-order valence-corrected chi connectivity index (χ2v) is 17.7. The zero-order chi connectivity index (χ0) is 35.8. The Balaban J connectivity index is 1.80. The maximum Gasteiger partial charge on any atom is 0.315 e. The van der Waals surface area contributed by atoms with Crippen molar-refractivity contribution in [3.05, 3.63) is 12.7 Å². The molecule has 0 aromatic carbocycles. The van der Waals surface area contributed by atoms with E-state index in [0.717, 1.165) is 8.61 Å². The number of carbonyl (C=O) groups is 5. The van der Waals surface area contributed by atoms with E-state index in [0.29, 0.717) is 19.4 Å². The SMILES string of the molecule is C=CCNC(=O)C(=O)C(NC(=O)[C@@H]1[C@@H]2[C@H](CN1C(=O)[C@@H](NC(=O)N[C@H](CN(C)S(=O)(=O)N(C)C)C(C)C)C(C)(C)C)C2(C)C)C1CC1. The summed E-state index contributed by atoms with van der Waals surface area (Å²) in [6, 6.07) is -4.10. The molecule has 5 amide bonds. The van der Waals surface area contributed by atoms with Gasteiger partial charge in [0.1, 0.15) is 18.1 Å². The topological polar surface area (TPSA) is 177 Å². The fourth-order valence-electron chi connectivity index (χ4n) is 6.50. The molecular formula is C32H55N7O7S. The van der Waals surface area contributed by atoms with Crippen LogP contribution in [-0.2, 0) is 29.4 Å². The number of nitrogens with one attached hydrogen (secondary N) is 4. The Morgan fingerprint density at radius 1 is 1.02 bits per heavy atom. The molecule has 3 fully saturated rings. The van der Waals surface area contributed by atoms with Crippen molar-refractivity contribution in [3.63, 3.8) is 0 Å². The summed E-state index contributed by atoms with van der Waals surface area (Å²) in [5.74, 6) is -2.80. The van der Waals surface area contributed by atoms with Gasteiger partial charge in [0.15, 0.2) is 0 Å². The average Bonchev–Trinajstić information content (AvgIpc) is 3.84. The van der Waals surface area contributed by atoms with Gasteiger partial charge in [-0.25, -0.2) is 4.79 Å². The first-order valence-electron chi connectivity index (χ1n) is 16.3. The van der Waals surface area contributed by atoms with Crippen molar-refractivity contribution < 1.29 is 32.4 Å². The molecule has 1 unspecified atom stereocenters. The Labute approximate surface area is 280 Å². The molecule has 15 heteroatoms. The van der Waals surface area contributed by atoms with Crippen LogP contribution in [0.2, 0.25) is 0 Å². The predicted molar refractivity (Wildman–Crippen MR) is 178 cm³/mol. The first-order chi connectivity index (χ1) is 21.6. The highest BCUT2D eigenvalue weighted by atomic mass is 32.2. The second kappa shape index (κ2) is 14.2. The largest absolute Gasteiger partial charge is 0.346 e. The molecule has 0 bridgehead atoms. The number of fused-ring (bicyclic) bond motifs is 1. The predicted octanol–water partition coefficient (Wildman–Crippen LogP) is 0.712. The summed E-state index contributed by atoms with van der Waals surface area (Å²) in [5, 5.41) is 11.0. The molecule has 1 saturated heterocycles. The molecule has 2 saturated carbocycles. The van der Waals surface area contributed by atoms with Crippen molar-refractivity contribution in [1.82, 2.24) is 34.8 Å². The van der Waals surface area contributed by atoms with Gasteiger partial charge in [-0.15, -0.1) is 6.58 Å². The molecule has 0 aromatic heterocycles. The summed E-state index contributed by atoms with van der Waals surface area (Å²) in [6.45, 7) is 17.2. The minimum Gasteiger partial charge on any atom is -0.346 e. The van der Waals surface area contributed by atoms with Crippen LogP contribution in [0.1, 0.15) is 61.3 Å². The van der Waals surface area contributed by atoms with Crippen molar-refractivity contribution in [3.8, 4) is 0 Å². The van der Waals surface area contributed by atoms with Crippen LogP contribution in [0.25, 0.3) is 0 Å². The van der Waals surface area contributed by atoms with Gasteiger partial charge in [-0.2, -0.15) is 17.0 Å². The third-order valence-corrected chi connectivity index (χ3v) is 11.7. The summed E-state index contributed by atoms with van der Waals surface area (Å²) >= 11 is 0. The summed E-state index contributed by atoms with van der Waals surface area (Å²) in [7, 11) is 0.581. The summed E-state index contributed by atoms with van der Waals surface area (Å²) in [6.07, 6.45) is 2.87. The average molecular weight is 682 g/mol. The van der Waals surface area contributed by atoms with E-state index < -0.39 is 69.3 Å². The zero-order valence-electron chi connectivity index (χ0n) is 29.5. The van der Waals surface area contributed by atoms with E-state index >= 15 is 0 Å². The minimum atomic E-state index is -3.71. The maximum atomic E-state index is 14.3. The van der Waals surface area contributed by atoms with Gasteiger partial charge in [0.2, 0.25) is 17.6 Å².